The quantitative estimate of drug-likeness (QED) is 0.920. The summed E-state index contributed by atoms with van der Waals surface area (Å²) < 4.78 is 34.1. The summed E-state index contributed by atoms with van der Waals surface area (Å²) in [5.41, 5.74) is 0.868. The molecule has 1 N–H and O–H groups in total. The number of benzene rings is 1. The molecule has 0 unspecified atom stereocenters. The number of morpholine rings is 1. The Kier molecular flexibility index (Phi) is 5.04. The van der Waals surface area contributed by atoms with E-state index in [1.807, 2.05) is 13.8 Å². The summed E-state index contributed by atoms with van der Waals surface area (Å²) in [4.78, 5) is 0. The van der Waals surface area contributed by atoms with E-state index in [0.717, 1.165) is 5.56 Å². The topological polar surface area (TPSA) is 58.6 Å². The van der Waals surface area contributed by atoms with Crippen LogP contribution in [-0.2, 0) is 21.5 Å². The van der Waals surface area contributed by atoms with E-state index in [9.17, 15) is 8.42 Å². The lowest BCUT2D eigenvalue weighted by atomic mass is 10.2. The first-order valence-electron chi connectivity index (χ1n) is 6.51. The Labute approximate surface area is 125 Å². The lowest BCUT2D eigenvalue weighted by molar-refractivity contribution is -0.0444. The molecule has 112 valence electrons. The Bertz CT molecular complexity index is 537. The van der Waals surface area contributed by atoms with E-state index >= 15 is 0 Å². The number of rotatable bonds is 4. The van der Waals surface area contributed by atoms with Gasteiger partial charge in [0.25, 0.3) is 10.2 Å². The predicted octanol–water partition coefficient (Wildman–Crippen LogP) is 1.78. The molecule has 5 nitrogen and oxygen atoms in total. The van der Waals surface area contributed by atoms with Crippen LogP contribution in [0, 0.1) is 0 Å². The predicted molar refractivity (Wildman–Crippen MR) is 78.8 cm³/mol. The van der Waals surface area contributed by atoms with Crippen LogP contribution in [-0.4, -0.2) is 38.0 Å². The Hall–Kier alpha value is -0.660. The van der Waals surface area contributed by atoms with Gasteiger partial charge < -0.3 is 4.74 Å². The van der Waals surface area contributed by atoms with Crippen LogP contribution in [0.25, 0.3) is 0 Å². The summed E-state index contributed by atoms with van der Waals surface area (Å²) in [5.74, 6) is 0. The smallest absolute Gasteiger partial charge is 0.279 e. The number of nitrogens with zero attached hydrogens (tertiary/aromatic N) is 1. The van der Waals surface area contributed by atoms with E-state index in [2.05, 4.69) is 4.72 Å². The number of ether oxygens (including phenoxy) is 1. The number of hydrogen-bond donors (Lipinski definition) is 1. The van der Waals surface area contributed by atoms with E-state index in [-0.39, 0.29) is 18.8 Å². The molecule has 0 aromatic heterocycles. The van der Waals surface area contributed by atoms with Crippen LogP contribution in [0.1, 0.15) is 19.4 Å². The van der Waals surface area contributed by atoms with Gasteiger partial charge in [-0.05, 0) is 31.5 Å². The highest BCUT2D eigenvalue weighted by atomic mass is 35.5. The summed E-state index contributed by atoms with van der Waals surface area (Å²) in [6, 6.07) is 7.08. The molecule has 0 bridgehead atoms. The fraction of sp³-hybridized carbons (Fsp3) is 0.538. The van der Waals surface area contributed by atoms with Crippen molar-refractivity contribution in [1.82, 2.24) is 9.03 Å². The van der Waals surface area contributed by atoms with Gasteiger partial charge >= 0.3 is 0 Å². The van der Waals surface area contributed by atoms with Gasteiger partial charge in [-0.1, -0.05) is 23.7 Å². The van der Waals surface area contributed by atoms with E-state index in [1.54, 1.807) is 24.3 Å². The molecule has 20 heavy (non-hydrogen) atoms. The fourth-order valence-corrected chi connectivity index (χ4v) is 3.67. The monoisotopic (exact) mass is 318 g/mol. The standard InChI is InChI=1S/C13H19ClN2O3S/c1-10-8-16(9-11(2)19-10)20(17,18)15-7-12-3-5-13(14)6-4-12/h3-6,10-11,15H,7-9H2,1-2H3/t10-,11-/m0/s1. The number of hydrogen-bond acceptors (Lipinski definition) is 3. The van der Waals surface area contributed by atoms with Crippen LogP contribution in [0.15, 0.2) is 24.3 Å². The number of halogens is 1. The largest absolute Gasteiger partial charge is 0.373 e. The summed E-state index contributed by atoms with van der Waals surface area (Å²) >= 11 is 5.79. The van der Waals surface area contributed by atoms with Crippen LogP contribution in [0.2, 0.25) is 5.02 Å². The third kappa shape index (κ3) is 4.17. The second-order valence-electron chi connectivity index (χ2n) is 5.03. The van der Waals surface area contributed by atoms with Crippen molar-refractivity contribution >= 4 is 21.8 Å². The van der Waals surface area contributed by atoms with Gasteiger partial charge in [0.2, 0.25) is 0 Å². The van der Waals surface area contributed by atoms with Gasteiger partial charge in [-0.25, -0.2) is 0 Å². The van der Waals surface area contributed by atoms with Crippen molar-refractivity contribution in [3.8, 4) is 0 Å². The van der Waals surface area contributed by atoms with Gasteiger partial charge in [0.15, 0.2) is 0 Å². The molecule has 0 amide bonds. The lowest BCUT2D eigenvalue weighted by Crippen LogP contribution is -2.51. The van der Waals surface area contributed by atoms with Gasteiger partial charge in [-0.2, -0.15) is 17.4 Å². The van der Waals surface area contributed by atoms with Crippen molar-refractivity contribution in [3.63, 3.8) is 0 Å². The molecule has 1 aromatic rings. The second-order valence-corrected chi connectivity index (χ2v) is 7.22. The molecular weight excluding hydrogens is 300 g/mol. The molecule has 2 atom stereocenters. The normalized spacial score (nSPS) is 24.8. The fourth-order valence-electron chi connectivity index (χ4n) is 2.20. The van der Waals surface area contributed by atoms with Crippen LogP contribution >= 0.6 is 11.6 Å². The van der Waals surface area contributed by atoms with E-state index < -0.39 is 10.2 Å². The van der Waals surface area contributed by atoms with Crippen molar-refractivity contribution in [1.29, 1.82) is 0 Å². The molecule has 1 aliphatic rings. The average Bonchev–Trinajstić information content (AvgIpc) is 2.37. The van der Waals surface area contributed by atoms with E-state index in [1.165, 1.54) is 4.31 Å². The third-order valence-electron chi connectivity index (χ3n) is 3.10. The molecule has 0 radical (unpaired) electrons. The molecule has 2 rings (SSSR count). The van der Waals surface area contributed by atoms with Gasteiger partial charge in [-0.3, -0.25) is 0 Å². The van der Waals surface area contributed by atoms with E-state index in [0.29, 0.717) is 18.1 Å². The maximum atomic E-state index is 12.3. The molecular formula is C13H19ClN2O3S. The Morgan fingerprint density at radius 2 is 1.80 bits per heavy atom. The molecule has 1 heterocycles. The second kappa shape index (κ2) is 6.41. The molecule has 0 spiro atoms. The zero-order valence-electron chi connectivity index (χ0n) is 11.5. The highest BCUT2D eigenvalue weighted by molar-refractivity contribution is 7.87. The van der Waals surface area contributed by atoms with Gasteiger partial charge in [-0.15, -0.1) is 0 Å². The SMILES string of the molecule is C[C@H]1CN(S(=O)(=O)NCc2ccc(Cl)cc2)C[C@H](C)O1. The Morgan fingerprint density at radius 3 is 2.35 bits per heavy atom. The zero-order chi connectivity index (χ0) is 14.8. The molecule has 1 aromatic carbocycles. The summed E-state index contributed by atoms with van der Waals surface area (Å²) in [7, 11) is -3.49. The average molecular weight is 319 g/mol. The zero-order valence-corrected chi connectivity index (χ0v) is 13.1. The lowest BCUT2D eigenvalue weighted by Gasteiger charge is -2.34. The van der Waals surface area contributed by atoms with Crippen LogP contribution < -0.4 is 4.72 Å². The van der Waals surface area contributed by atoms with Crippen LogP contribution in [0.3, 0.4) is 0 Å². The highest BCUT2D eigenvalue weighted by Crippen LogP contribution is 2.14. The van der Waals surface area contributed by atoms with Crippen molar-refractivity contribution in [2.75, 3.05) is 13.1 Å². The van der Waals surface area contributed by atoms with Gasteiger partial charge in [0.05, 0.1) is 12.2 Å². The van der Waals surface area contributed by atoms with Crippen LogP contribution in [0.5, 0.6) is 0 Å². The summed E-state index contributed by atoms with van der Waals surface area (Å²) in [5, 5.41) is 0.632. The molecule has 0 saturated carbocycles. The number of nitrogens with one attached hydrogen (secondary N) is 1. The molecule has 1 saturated heterocycles. The first-order chi connectivity index (χ1) is 9.37. The maximum absolute atomic E-state index is 12.3. The molecule has 0 aliphatic carbocycles. The minimum absolute atomic E-state index is 0.0918. The minimum Gasteiger partial charge on any atom is -0.373 e. The summed E-state index contributed by atoms with van der Waals surface area (Å²) in [6.07, 6.45) is -0.184. The first kappa shape index (κ1) is 15.7. The molecule has 7 heteroatoms. The highest BCUT2D eigenvalue weighted by Gasteiger charge is 2.30. The van der Waals surface area contributed by atoms with Crippen molar-refractivity contribution in [2.24, 2.45) is 0 Å². The van der Waals surface area contributed by atoms with Gasteiger partial charge in [0, 0.05) is 24.7 Å². The Morgan fingerprint density at radius 1 is 1.25 bits per heavy atom. The van der Waals surface area contributed by atoms with E-state index in [4.69, 9.17) is 16.3 Å². The third-order valence-corrected chi connectivity index (χ3v) is 4.84. The van der Waals surface area contributed by atoms with Crippen molar-refractivity contribution in [2.45, 2.75) is 32.6 Å². The molecule has 1 fully saturated rings. The van der Waals surface area contributed by atoms with Crippen LogP contribution in [0.4, 0.5) is 0 Å². The van der Waals surface area contributed by atoms with Gasteiger partial charge in [0.1, 0.15) is 0 Å². The first-order valence-corrected chi connectivity index (χ1v) is 8.33. The molecule has 1 aliphatic heterocycles. The van der Waals surface area contributed by atoms with Crippen molar-refractivity contribution in [3.05, 3.63) is 34.9 Å². The minimum atomic E-state index is -3.49. The Balaban J connectivity index is 1.98. The summed E-state index contributed by atoms with van der Waals surface area (Å²) in [6.45, 7) is 4.74. The van der Waals surface area contributed by atoms with Crippen molar-refractivity contribution < 1.29 is 13.2 Å². The maximum Gasteiger partial charge on any atom is 0.279 e.